The Balaban J connectivity index is 1.74. The predicted molar refractivity (Wildman–Crippen MR) is 88.9 cm³/mol. The molecule has 1 atom stereocenters. The number of ether oxygens (including phenoxy) is 2. The summed E-state index contributed by atoms with van der Waals surface area (Å²) in [5.74, 6) is 2.31. The summed E-state index contributed by atoms with van der Waals surface area (Å²) in [6, 6.07) is 6.09. The first kappa shape index (κ1) is 17.0. The molecule has 1 aliphatic rings. The maximum atomic E-state index is 11.9. The van der Waals surface area contributed by atoms with Crippen molar-refractivity contribution in [3.8, 4) is 11.5 Å². The van der Waals surface area contributed by atoms with E-state index in [1.54, 1.807) is 26.0 Å². The van der Waals surface area contributed by atoms with Gasteiger partial charge in [0.15, 0.2) is 11.5 Å². The van der Waals surface area contributed by atoms with Gasteiger partial charge in [-0.2, -0.15) is 0 Å². The van der Waals surface area contributed by atoms with Gasteiger partial charge in [-0.3, -0.25) is 4.79 Å². The van der Waals surface area contributed by atoms with Crippen LogP contribution in [0.2, 0.25) is 0 Å². The van der Waals surface area contributed by atoms with Crippen LogP contribution >= 0.6 is 11.8 Å². The molecule has 6 heteroatoms. The van der Waals surface area contributed by atoms with Crippen LogP contribution in [0.4, 0.5) is 0 Å². The van der Waals surface area contributed by atoms with E-state index >= 15 is 0 Å². The molecule has 1 aromatic rings. The number of benzene rings is 1. The Morgan fingerprint density at radius 3 is 2.86 bits per heavy atom. The van der Waals surface area contributed by atoms with Crippen LogP contribution in [0.3, 0.4) is 0 Å². The smallest absolute Gasteiger partial charge is 0.221 e. The van der Waals surface area contributed by atoms with Gasteiger partial charge < -0.3 is 20.1 Å². The highest BCUT2D eigenvalue weighted by Gasteiger charge is 2.15. The van der Waals surface area contributed by atoms with Crippen LogP contribution in [0, 0.1) is 0 Å². The minimum Gasteiger partial charge on any atom is -0.493 e. The summed E-state index contributed by atoms with van der Waals surface area (Å²) in [5.41, 5.74) is 0. The second-order valence-corrected chi connectivity index (χ2v) is 6.39. The first-order chi connectivity index (χ1) is 10.7. The number of rotatable bonds is 7. The van der Waals surface area contributed by atoms with Crippen molar-refractivity contribution in [2.24, 2.45) is 0 Å². The van der Waals surface area contributed by atoms with Crippen LogP contribution < -0.4 is 20.1 Å². The maximum absolute atomic E-state index is 11.9. The molecule has 1 heterocycles. The van der Waals surface area contributed by atoms with E-state index < -0.39 is 0 Å². The van der Waals surface area contributed by atoms with E-state index in [1.165, 1.54) is 0 Å². The van der Waals surface area contributed by atoms with Crippen molar-refractivity contribution in [1.29, 1.82) is 0 Å². The Morgan fingerprint density at radius 1 is 1.36 bits per heavy atom. The first-order valence-electron chi connectivity index (χ1n) is 7.58. The number of piperidine rings is 1. The number of carbonyl (C=O) groups is 1. The van der Waals surface area contributed by atoms with Gasteiger partial charge in [-0.05, 0) is 37.6 Å². The summed E-state index contributed by atoms with van der Waals surface area (Å²) >= 11 is 1.65. The molecule has 1 aliphatic heterocycles. The molecule has 1 fully saturated rings. The third-order valence-corrected chi connectivity index (χ3v) is 4.61. The topological polar surface area (TPSA) is 59.6 Å². The number of hydrogen-bond donors (Lipinski definition) is 2. The number of thioether (sulfide) groups is 1. The molecule has 1 saturated heterocycles. The molecule has 0 aromatic heterocycles. The predicted octanol–water partition coefficient (Wildman–Crippen LogP) is 2.05. The second kappa shape index (κ2) is 8.90. The van der Waals surface area contributed by atoms with Crippen LogP contribution in [0.15, 0.2) is 23.1 Å². The third-order valence-electron chi connectivity index (χ3n) is 3.61. The molecular weight excluding hydrogens is 300 g/mol. The van der Waals surface area contributed by atoms with E-state index in [4.69, 9.17) is 9.47 Å². The lowest BCUT2D eigenvalue weighted by molar-refractivity contribution is -0.121. The lowest BCUT2D eigenvalue weighted by Crippen LogP contribution is -2.45. The molecule has 0 unspecified atom stereocenters. The summed E-state index contributed by atoms with van der Waals surface area (Å²) in [7, 11) is 3.24. The first-order valence-corrected chi connectivity index (χ1v) is 8.56. The monoisotopic (exact) mass is 324 g/mol. The highest BCUT2D eigenvalue weighted by Crippen LogP contribution is 2.31. The molecule has 0 spiro atoms. The molecule has 0 radical (unpaired) electrons. The zero-order valence-corrected chi connectivity index (χ0v) is 14.0. The average molecular weight is 324 g/mol. The van der Waals surface area contributed by atoms with Gasteiger partial charge in [-0.15, -0.1) is 11.8 Å². The molecule has 0 bridgehead atoms. The van der Waals surface area contributed by atoms with E-state index in [0.717, 1.165) is 42.3 Å². The summed E-state index contributed by atoms with van der Waals surface area (Å²) in [4.78, 5) is 13.0. The van der Waals surface area contributed by atoms with Gasteiger partial charge >= 0.3 is 0 Å². The minimum absolute atomic E-state index is 0.127. The Labute approximate surface area is 136 Å². The van der Waals surface area contributed by atoms with Crippen molar-refractivity contribution >= 4 is 17.7 Å². The molecule has 1 aromatic carbocycles. The van der Waals surface area contributed by atoms with E-state index in [-0.39, 0.29) is 11.9 Å². The van der Waals surface area contributed by atoms with Crippen LogP contribution in [-0.2, 0) is 4.79 Å². The van der Waals surface area contributed by atoms with E-state index in [9.17, 15) is 4.79 Å². The van der Waals surface area contributed by atoms with Gasteiger partial charge in [0.2, 0.25) is 5.91 Å². The van der Waals surface area contributed by atoms with Crippen molar-refractivity contribution in [1.82, 2.24) is 10.6 Å². The molecular formula is C16H24N2O3S. The Bertz CT molecular complexity index is 490. The highest BCUT2D eigenvalue weighted by atomic mass is 32.2. The lowest BCUT2D eigenvalue weighted by Gasteiger charge is -2.23. The number of amides is 1. The largest absolute Gasteiger partial charge is 0.493 e. The summed E-state index contributed by atoms with van der Waals surface area (Å²) in [5, 5.41) is 6.39. The van der Waals surface area contributed by atoms with Gasteiger partial charge in [0, 0.05) is 29.7 Å². The molecule has 0 aliphatic carbocycles. The number of carbonyl (C=O) groups excluding carboxylic acids is 1. The molecule has 22 heavy (non-hydrogen) atoms. The van der Waals surface area contributed by atoms with Crippen LogP contribution in [-0.4, -0.2) is 45.0 Å². The van der Waals surface area contributed by atoms with Crippen molar-refractivity contribution in [2.75, 3.05) is 33.1 Å². The van der Waals surface area contributed by atoms with Crippen LogP contribution in [0.25, 0.3) is 0 Å². The molecule has 2 N–H and O–H groups in total. The quantitative estimate of drug-likeness (QED) is 0.752. The van der Waals surface area contributed by atoms with E-state index in [2.05, 4.69) is 10.6 Å². The fourth-order valence-corrected chi connectivity index (χ4v) is 3.32. The van der Waals surface area contributed by atoms with Crippen LogP contribution in [0.5, 0.6) is 11.5 Å². The Kier molecular flexibility index (Phi) is 6.86. The molecule has 5 nitrogen and oxygen atoms in total. The van der Waals surface area contributed by atoms with Gasteiger partial charge in [0.25, 0.3) is 0 Å². The van der Waals surface area contributed by atoms with Crippen molar-refractivity contribution in [2.45, 2.75) is 30.2 Å². The number of hydrogen-bond acceptors (Lipinski definition) is 5. The van der Waals surface area contributed by atoms with Crippen LogP contribution in [0.1, 0.15) is 19.3 Å². The van der Waals surface area contributed by atoms with E-state index in [1.807, 2.05) is 18.2 Å². The molecule has 2 rings (SSSR count). The normalized spacial score (nSPS) is 17.8. The Morgan fingerprint density at radius 2 is 2.18 bits per heavy atom. The number of methoxy groups -OCH3 is 2. The van der Waals surface area contributed by atoms with Gasteiger partial charge in [0.1, 0.15) is 0 Å². The molecule has 122 valence electrons. The lowest BCUT2D eigenvalue weighted by atomic mass is 10.1. The molecule has 1 amide bonds. The second-order valence-electron chi connectivity index (χ2n) is 5.23. The average Bonchev–Trinajstić information content (AvgIpc) is 2.55. The Hall–Kier alpha value is -1.40. The fourth-order valence-electron chi connectivity index (χ4n) is 2.44. The van der Waals surface area contributed by atoms with Crippen molar-refractivity contribution in [3.05, 3.63) is 18.2 Å². The highest BCUT2D eigenvalue weighted by molar-refractivity contribution is 7.99. The third kappa shape index (κ3) is 5.10. The minimum atomic E-state index is 0.127. The summed E-state index contributed by atoms with van der Waals surface area (Å²) in [6.45, 7) is 1.94. The summed E-state index contributed by atoms with van der Waals surface area (Å²) in [6.07, 6.45) is 2.72. The maximum Gasteiger partial charge on any atom is 0.221 e. The number of nitrogens with one attached hydrogen (secondary N) is 2. The fraction of sp³-hybridized carbons (Fsp3) is 0.562. The zero-order chi connectivity index (χ0) is 15.8. The zero-order valence-electron chi connectivity index (χ0n) is 13.2. The molecule has 0 saturated carbocycles. The van der Waals surface area contributed by atoms with Gasteiger partial charge in [-0.1, -0.05) is 0 Å². The van der Waals surface area contributed by atoms with Crippen molar-refractivity contribution < 1.29 is 14.3 Å². The summed E-state index contributed by atoms with van der Waals surface area (Å²) < 4.78 is 10.5. The van der Waals surface area contributed by atoms with Crippen molar-refractivity contribution in [3.63, 3.8) is 0 Å². The SMILES string of the molecule is COc1ccc(SCCC(=O)N[C@H]2CCCNC2)cc1OC. The van der Waals surface area contributed by atoms with Gasteiger partial charge in [-0.25, -0.2) is 0 Å². The standard InChI is InChI=1S/C16H24N2O3S/c1-20-14-6-5-13(10-15(14)21-2)22-9-7-16(19)18-12-4-3-8-17-11-12/h5-6,10,12,17H,3-4,7-9,11H2,1-2H3,(H,18,19)/t12-/m0/s1. The van der Waals surface area contributed by atoms with Gasteiger partial charge in [0.05, 0.1) is 14.2 Å². The van der Waals surface area contributed by atoms with E-state index in [0.29, 0.717) is 12.2 Å².